The Balaban J connectivity index is 0.00000289. The third-order valence-electron chi connectivity index (χ3n) is 2.07. The fraction of sp³-hybridized carbons (Fsp3) is 0.364. The van der Waals surface area contributed by atoms with E-state index in [1.165, 1.54) is 14.2 Å². The average Bonchev–Trinajstić information content (AvgIpc) is 2.37. The number of Topliss-reactive ketones (excluding diaryl/α,β-unsaturated/α-hetero) is 1. The van der Waals surface area contributed by atoms with Crippen LogP contribution in [0.3, 0.4) is 0 Å². The van der Waals surface area contributed by atoms with E-state index < -0.39 is 7.60 Å². The fourth-order valence-electron chi connectivity index (χ4n) is 1.15. The van der Waals surface area contributed by atoms with Crippen LogP contribution >= 0.6 is 7.60 Å². The molecule has 0 radical (unpaired) electrons. The number of hydrogen-bond donors (Lipinski definition) is 0. The first-order chi connectivity index (χ1) is 8.09. The Labute approximate surface area is 119 Å². The Bertz CT molecular complexity index is 401. The predicted octanol–water partition coefficient (Wildman–Crippen LogP) is 1.47. The van der Waals surface area contributed by atoms with Crippen LogP contribution in [0.15, 0.2) is 30.3 Å². The summed E-state index contributed by atoms with van der Waals surface area (Å²) < 4.78 is 26.2. The molecule has 96 valence electrons. The van der Waals surface area contributed by atoms with E-state index in [0.29, 0.717) is 5.75 Å². The van der Waals surface area contributed by atoms with Crippen LogP contribution in [-0.2, 0) is 18.4 Å². The molecule has 0 aliphatic rings. The summed E-state index contributed by atoms with van der Waals surface area (Å²) in [4.78, 5) is 11.5. The molecule has 0 aromatic heterocycles. The molecular formula is C11H16LiO5P. The van der Waals surface area contributed by atoms with Gasteiger partial charge in [-0.1, -0.05) is 18.2 Å². The van der Waals surface area contributed by atoms with Gasteiger partial charge in [0.05, 0.1) is 0 Å². The van der Waals surface area contributed by atoms with Crippen molar-refractivity contribution in [1.82, 2.24) is 0 Å². The molecule has 0 N–H and O–H groups in total. The van der Waals surface area contributed by atoms with Crippen molar-refractivity contribution < 1.29 is 23.1 Å². The Morgan fingerprint density at radius 3 is 2.22 bits per heavy atom. The molecule has 0 aliphatic heterocycles. The van der Waals surface area contributed by atoms with Crippen LogP contribution in [0.1, 0.15) is 0 Å². The summed E-state index contributed by atoms with van der Waals surface area (Å²) in [7, 11) is -0.797. The Morgan fingerprint density at radius 1 is 1.17 bits per heavy atom. The molecular weight excluding hydrogens is 250 g/mol. The first-order valence-electron chi connectivity index (χ1n) is 5.00. The van der Waals surface area contributed by atoms with Gasteiger partial charge in [-0.2, -0.15) is 0 Å². The van der Waals surface area contributed by atoms with Gasteiger partial charge in [0.2, 0.25) is 0 Å². The Morgan fingerprint density at radius 2 is 1.72 bits per heavy atom. The number of carbonyl (C=O) groups excluding carboxylic acids is 1. The zero-order chi connectivity index (χ0) is 12.7. The summed E-state index contributed by atoms with van der Waals surface area (Å²) in [5.74, 6) is 0.256. The number of rotatable bonds is 7. The number of carbonyl (C=O) groups is 1. The number of ether oxygens (including phenoxy) is 1. The van der Waals surface area contributed by atoms with Gasteiger partial charge in [-0.05, 0) is 12.1 Å². The van der Waals surface area contributed by atoms with Crippen molar-refractivity contribution in [3.63, 3.8) is 0 Å². The monoisotopic (exact) mass is 266 g/mol. The van der Waals surface area contributed by atoms with Crippen molar-refractivity contribution in [2.75, 3.05) is 27.0 Å². The quantitative estimate of drug-likeness (QED) is 0.552. The molecule has 0 heterocycles. The minimum atomic E-state index is -3.29. The van der Waals surface area contributed by atoms with Gasteiger partial charge in [-0.15, -0.1) is 0 Å². The molecule has 0 bridgehead atoms. The van der Waals surface area contributed by atoms with E-state index in [1.807, 2.05) is 6.07 Å². The molecule has 0 unspecified atom stereocenters. The molecule has 0 atom stereocenters. The van der Waals surface area contributed by atoms with Crippen molar-refractivity contribution in [3.05, 3.63) is 30.3 Å². The third-order valence-corrected chi connectivity index (χ3v) is 3.92. The van der Waals surface area contributed by atoms with Crippen LogP contribution in [0.5, 0.6) is 5.75 Å². The van der Waals surface area contributed by atoms with Crippen LogP contribution < -0.4 is 4.74 Å². The standard InChI is InChI=1S/C11H15O5P.Li.H/c1-14-17(13,15-2)9-10(12)8-16-11-6-4-3-5-7-11;;/h3-7H,8-9H2,1-2H3;;. The van der Waals surface area contributed by atoms with Gasteiger partial charge in [0.25, 0.3) is 0 Å². The summed E-state index contributed by atoms with van der Waals surface area (Å²) in [6.07, 6.45) is -0.285. The zero-order valence-electron chi connectivity index (χ0n) is 9.79. The molecule has 1 rings (SSSR count). The maximum absolute atomic E-state index is 11.7. The second-order valence-corrected chi connectivity index (χ2v) is 5.54. The number of ketones is 1. The van der Waals surface area contributed by atoms with E-state index in [2.05, 4.69) is 9.05 Å². The Hall–Kier alpha value is -0.563. The Kier molecular flexibility index (Phi) is 8.26. The molecule has 7 heteroatoms. The topological polar surface area (TPSA) is 61.8 Å². The van der Waals surface area contributed by atoms with E-state index in [1.54, 1.807) is 24.3 Å². The third kappa shape index (κ3) is 5.86. The van der Waals surface area contributed by atoms with Gasteiger partial charge < -0.3 is 13.8 Å². The molecule has 5 nitrogen and oxygen atoms in total. The van der Waals surface area contributed by atoms with Crippen molar-refractivity contribution >= 4 is 32.2 Å². The number of para-hydroxylation sites is 1. The van der Waals surface area contributed by atoms with Crippen LogP contribution in [-0.4, -0.2) is 51.6 Å². The molecule has 1 aromatic rings. The van der Waals surface area contributed by atoms with Crippen LogP contribution in [0.4, 0.5) is 0 Å². The molecule has 0 spiro atoms. The van der Waals surface area contributed by atoms with E-state index >= 15 is 0 Å². The van der Waals surface area contributed by atoms with E-state index in [4.69, 9.17) is 4.74 Å². The molecule has 0 saturated heterocycles. The van der Waals surface area contributed by atoms with Crippen molar-refractivity contribution in [2.45, 2.75) is 0 Å². The number of hydrogen-bond acceptors (Lipinski definition) is 5. The fourth-order valence-corrected chi connectivity index (χ4v) is 2.08. The second-order valence-electron chi connectivity index (χ2n) is 3.27. The maximum atomic E-state index is 11.7. The summed E-state index contributed by atoms with van der Waals surface area (Å²) in [6.45, 7) is -0.152. The van der Waals surface area contributed by atoms with Gasteiger partial charge in [-0.25, -0.2) is 0 Å². The minimum absolute atomic E-state index is 0. The van der Waals surface area contributed by atoms with Crippen LogP contribution in [0.25, 0.3) is 0 Å². The molecule has 0 amide bonds. The van der Waals surface area contributed by atoms with Gasteiger partial charge in [-0.3, -0.25) is 9.36 Å². The van der Waals surface area contributed by atoms with Gasteiger partial charge in [0.1, 0.15) is 18.5 Å². The van der Waals surface area contributed by atoms with Crippen molar-refractivity contribution in [1.29, 1.82) is 0 Å². The van der Waals surface area contributed by atoms with Crippen molar-refractivity contribution in [2.24, 2.45) is 0 Å². The zero-order valence-corrected chi connectivity index (χ0v) is 10.7. The number of benzene rings is 1. The van der Waals surface area contributed by atoms with E-state index in [-0.39, 0.29) is 37.4 Å². The summed E-state index contributed by atoms with van der Waals surface area (Å²) in [5, 5.41) is 0. The summed E-state index contributed by atoms with van der Waals surface area (Å²) >= 11 is 0. The average molecular weight is 266 g/mol. The summed E-state index contributed by atoms with van der Waals surface area (Å²) in [5.41, 5.74) is 0. The van der Waals surface area contributed by atoms with E-state index in [0.717, 1.165) is 0 Å². The van der Waals surface area contributed by atoms with Crippen molar-refractivity contribution in [3.8, 4) is 5.75 Å². The molecule has 1 aromatic carbocycles. The SMILES string of the molecule is COP(=O)(CC(=O)COc1ccccc1)OC.[LiH]. The predicted molar refractivity (Wildman–Crippen MR) is 70.6 cm³/mol. The first-order valence-corrected chi connectivity index (χ1v) is 6.72. The first kappa shape index (κ1) is 17.4. The second kappa shape index (κ2) is 8.52. The molecule has 0 aliphatic carbocycles. The molecule has 0 saturated carbocycles. The normalized spacial score (nSPS) is 10.6. The van der Waals surface area contributed by atoms with Gasteiger partial charge >= 0.3 is 26.5 Å². The van der Waals surface area contributed by atoms with Gasteiger partial charge in [0.15, 0.2) is 5.78 Å². The molecule has 0 fully saturated rings. The summed E-state index contributed by atoms with van der Waals surface area (Å²) in [6, 6.07) is 8.92. The molecule has 18 heavy (non-hydrogen) atoms. The van der Waals surface area contributed by atoms with Crippen LogP contribution in [0, 0.1) is 0 Å². The van der Waals surface area contributed by atoms with E-state index in [9.17, 15) is 9.36 Å². The van der Waals surface area contributed by atoms with Gasteiger partial charge in [0, 0.05) is 14.2 Å². The van der Waals surface area contributed by atoms with Crippen LogP contribution in [0.2, 0.25) is 0 Å².